The fraction of sp³-hybridized carbons (Fsp3) is 0.0400. The van der Waals surface area contributed by atoms with Crippen LogP contribution in [0.25, 0.3) is 0 Å². The van der Waals surface area contributed by atoms with E-state index < -0.39 is 22.3 Å². The number of nitrogens with zero attached hydrogens (tertiary/aromatic N) is 6. The second kappa shape index (κ2) is 12.6. The molecule has 3 aromatic carbocycles. The quantitative estimate of drug-likeness (QED) is 0.121. The number of phenols is 1. The van der Waals surface area contributed by atoms with Crippen molar-refractivity contribution >= 4 is 35.0 Å². The van der Waals surface area contributed by atoms with Crippen LogP contribution in [0.15, 0.2) is 93.3 Å². The third-order valence-corrected chi connectivity index (χ3v) is 4.71. The number of methoxy groups -OCH3 is 1. The average Bonchev–Trinajstić information content (AvgIpc) is 2.93. The van der Waals surface area contributed by atoms with Crippen molar-refractivity contribution in [1.82, 2.24) is 5.32 Å². The van der Waals surface area contributed by atoms with Gasteiger partial charge in [-0.05, 0) is 30.3 Å². The number of carbonyl (C=O) groups excluding carboxylic acids is 1. The Morgan fingerprint density at radius 1 is 1.05 bits per heavy atom. The summed E-state index contributed by atoms with van der Waals surface area (Å²) in [4.78, 5) is 26.4. The van der Waals surface area contributed by atoms with Crippen molar-refractivity contribution in [1.29, 1.82) is 10.5 Å². The summed E-state index contributed by atoms with van der Waals surface area (Å²) >= 11 is 0. The van der Waals surface area contributed by atoms with Crippen LogP contribution < -0.4 is 15.4 Å². The highest BCUT2D eigenvalue weighted by atomic mass is 16.6. The Morgan fingerprint density at radius 2 is 1.74 bits per heavy atom. The molecule has 0 saturated carbocycles. The molecule has 13 heteroatoms. The third-order valence-electron chi connectivity index (χ3n) is 4.71. The van der Waals surface area contributed by atoms with Gasteiger partial charge in [0.05, 0.1) is 23.4 Å². The Balaban J connectivity index is 1.86. The van der Waals surface area contributed by atoms with Gasteiger partial charge in [-0.25, -0.2) is 9.79 Å². The fourth-order valence-corrected chi connectivity index (χ4v) is 2.90. The first-order chi connectivity index (χ1) is 18.3. The standard InChI is InChI=1S/C25H18N8O5/c1-38-23-12-19(32-31-18-7-9-20(10-8-18)33(36)37)11-16(24(23)34)15-28-21(13-26)22(14-27)30-25(35)29-17-5-3-2-4-6-17/h2-12,15,34H,1H3,(H2,29,30,35). The molecule has 0 aliphatic heterocycles. The molecule has 0 heterocycles. The average molecular weight is 510 g/mol. The van der Waals surface area contributed by atoms with Gasteiger partial charge in [-0.3, -0.25) is 15.4 Å². The number of nitriles is 2. The van der Waals surface area contributed by atoms with E-state index in [9.17, 15) is 30.5 Å². The van der Waals surface area contributed by atoms with Gasteiger partial charge in [-0.2, -0.15) is 20.8 Å². The van der Waals surface area contributed by atoms with Crippen LogP contribution in [-0.4, -0.2) is 29.4 Å². The minimum absolute atomic E-state index is 0.0231. The van der Waals surface area contributed by atoms with E-state index in [1.165, 1.54) is 43.5 Å². The van der Waals surface area contributed by atoms with Crippen LogP contribution in [0.5, 0.6) is 11.5 Å². The number of nitro benzene ring substituents is 1. The minimum atomic E-state index is -0.756. The van der Waals surface area contributed by atoms with Crippen molar-refractivity contribution in [3.05, 3.63) is 93.8 Å². The zero-order valence-corrected chi connectivity index (χ0v) is 19.7. The second-order valence-corrected chi connectivity index (χ2v) is 7.21. The number of nitro groups is 1. The normalized spacial score (nSPS) is 11.3. The van der Waals surface area contributed by atoms with Crippen LogP contribution in [0.3, 0.4) is 0 Å². The number of azo groups is 1. The van der Waals surface area contributed by atoms with Crippen LogP contribution in [0, 0.1) is 32.8 Å². The Bertz CT molecular complexity index is 1520. The smallest absolute Gasteiger partial charge is 0.324 e. The number of anilines is 1. The van der Waals surface area contributed by atoms with Gasteiger partial charge in [-0.1, -0.05) is 18.2 Å². The van der Waals surface area contributed by atoms with E-state index in [4.69, 9.17) is 4.74 Å². The summed E-state index contributed by atoms with van der Waals surface area (Å²) in [5.41, 5.74) is 0.166. The van der Waals surface area contributed by atoms with E-state index in [0.717, 1.165) is 6.21 Å². The SMILES string of the molecule is COc1cc(N=Nc2ccc([N+](=O)[O-])cc2)cc(C=NC(C#N)=C(C#N)NC(=O)Nc2ccccc2)c1O. The van der Waals surface area contributed by atoms with E-state index in [0.29, 0.717) is 11.4 Å². The number of allylic oxidation sites excluding steroid dienone is 2. The van der Waals surface area contributed by atoms with Crippen molar-refractivity contribution in [3.63, 3.8) is 0 Å². The van der Waals surface area contributed by atoms with Crippen molar-refractivity contribution in [2.45, 2.75) is 0 Å². The van der Waals surface area contributed by atoms with E-state index >= 15 is 0 Å². The van der Waals surface area contributed by atoms with Gasteiger partial charge in [-0.15, -0.1) is 0 Å². The van der Waals surface area contributed by atoms with Gasteiger partial charge in [0.2, 0.25) is 0 Å². The Hall–Kier alpha value is -6.08. The Labute approximate surface area is 215 Å². The first kappa shape index (κ1) is 26.5. The molecule has 3 aromatic rings. The van der Waals surface area contributed by atoms with Crippen LogP contribution >= 0.6 is 0 Å². The summed E-state index contributed by atoms with van der Waals surface area (Å²) in [6.07, 6.45) is 1.09. The first-order valence-electron chi connectivity index (χ1n) is 10.6. The van der Waals surface area contributed by atoms with Crippen molar-refractivity contribution in [2.75, 3.05) is 12.4 Å². The van der Waals surface area contributed by atoms with Gasteiger partial charge in [0, 0.05) is 35.7 Å². The number of carbonyl (C=O) groups is 1. The number of phenolic OH excluding ortho intramolecular Hbond substituents is 1. The summed E-state index contributed by atoms with van der Waals surface area (Å²) in [7, 11) is 1.32. The number of aliphatic imine (C=N–C) groups is 1. The van der Waals surface area contributed by atoms with Crippen molar-refractivity contribution < 1.29 is 19.6 Å². The van der Waals surface area contributed by atoms with Gasteiger partial charge in [0.1, 0.15) is 12.1 Å². The summed E-state index contributed by atoms with van der Waals surface area (Å²) < 4.78 is 5.15. The number of para-hydroxylation sites is 1. The predicted octanol–water partition coefficient (Wildman–Crippen LogP) is 5.22. The molecule has 0 unspecified atom stereocenters. The number of benzene rings is 3. The lowest BCUT2D eigenvalue weighted by atomic mass is 10.1. The number of non-ortho nitro benzene ring substituents is 1. The van der Waals surface area contributed by atoms with Gasteiger partial charge in [0.25, 0.3) is 5.69 Å². The maximum absolute atomic E-state index is 12.2. The highest BCUT2D eigenvalue weighted by molar-refractivity contribution is 5.91. The molecule has 38 heavy (non-hydrogen) atoms. The van der Waals surface area contributed by atoms with E-state index in [2.05, 4.69) is 25.9 Å². The highest BCUT2D eigenvalue weighted by Gasteiger charge is 2.13. The molecule has 0 fully saturated rings. The summed E-state index contributed by atoms with van der Waals surface area (Å²) in [5.74, 6) is -0.300. The number of rotatable bonds is 8. The Kier molecular flexibility index (Phi) is 8.78. The van der Waals surface area contributed by atoms with E-state index in [1.807, 2.05) is 0 Å². The maximum Gasteiger partial charge on any atom is 0.324 e. The zero-order chi connectivity index (χ0) is 27.5. The van der Waals surface area contributed by atoms with Crippen LogP contribution in [0.2, 0.25) is 0 Å². The lowest BCUT2D eigenvalue weighted by Gasteiger charge is -2.08. The zero-order valence-electron chi connectivity index (χ0n) is 19.7. The van der Waals surface area contributed by atoms with E-state index in [1.54, 1.807) is 42.5 Å². The molecule has 0 aromatic heterocycles. The Morgan fingerprint density at radius 3 is 2.34 bits per heavy atom. The topological polar surface area (TPSA) is 198 Å². The molecular formula is C25H18N8O5. The number of ether oxygens (including phenoxy) is 1. The molecule has 0 spiro atoms. The maximum atomic E-state index is 12.2. The number of aromatic hydroxyl groups is 1. The summed E-state index contributed by atoms with van der Waals surface area (Å²) in [6, 6.07) is 19.3. The third kappa shape index (κ3) is 6.97. The predicted molar refractivity (Wildman–Crippen MR) is 136 cm³/mol. The molecule has 13 nitrogen and oxygen atoms in total. The molecule has 3 rings (SSSR count). The van der Waals surface area contributed by atoms with Crippen molar-refractivity contribution in [2.24, 2.45) is 15.2 Å². The number of nitrogens with one attached hydrogen (secondary N) is 2. The van der Waals surface area contributed by atoms with Crippen molar-refractivity contribution in [3.8, 4) is 23.6 Å². The molecular weight excluding hydrogens is 492 g/mol. The largest absolute Gasteiger partial charge is 0.504 e. The number of hydrogen-bond acceptors (Lipinski definition) is 10. The molecule has 0 radical (unpaired) electrons. The second-order valence-electron chi connectivity index (χ2n) is 7.21. The lowest BCUT2D eigenvalue weighted by Crippen LogP contribution is -2.28. The molecule has 0 bridgehead atoms. The molecule has 3 N–H and O–H groups in total. The number of amides is 2. The molecule has 188 valence electrons. The first-order valence-corrected chi connectivity index (χ1v) is 10.6. The monoisotopic (exact) mass is 510 g/mol. The molecule has 2 amide bonds. The van der Waals surface area contributed by atoms with Crippen LogP contribution in [-0.2, 0) is 0 Å². The van der Waals surface area contributed by atoms with Gasteiger partial charge < -0.3 is 15.2 Å². The van der Waals surface area contributed by atoms with Crippen LogP contribution in [0.4, 0.5) is 27.5 Å². The van der Waals surface area contributed by atoms with E-state index in [-0.39, 0.29) is 28.4 Å². The molecule has 0 aliphatic carbocycles. The lowest BCUT2D eigenvalue weighted by molar-refractivity contribution is -0.384. The molecule has 0 aliphatic rings. The highest BCUT2D eigenvalue weighted by Crippen LogP contribution is 2.34. The summed E-state index contributed by atoms with van der Waals surface area (Å²) in [5, 5.41) is 53.0. The minimum Gasteiger partial charge on any atom is -0.504 e. The number of hydrogen-bond donors (Lipinski definition) is 3. The summed E-state index contributed by atoms with van der Waals surface area (Å²) in [6.45, 7) is 0. The molecule has 0 atom stereocenters. The van der Waals surface area contributed by atoms with Crippen LogP contribution in [0.1, 0.15) is 5.56 Å². The fourth-order valence-electron chi connectivity index (χ4n) is 2.90. The number of urea groups is 1. The molecule has 0 saturated heterocycles. The van der Waals surface area contributed by atoms with Gasteiger partial charge in [0.15, 0.2) is 22.9 Å². The van der Waals surface area contributed by atoms with Gasteiger partial charge >= 0.3 is 6.03 Å².